The zero-order valence-corrected chi connectivity index (χ0v) is 52.4. The number of allylic oxidation sites excluding steroid dienone is 2. The summed E-state index contributed by atoms with van der Waals surface area (Å²) in [6, 6.07) is 0. The fourth-order valence-electron chi connectivity index (χ4n) is 18.1. The topological polar surface area (TPSA) is 448 Å². The van der Waals surface area contributed by atoms with Gasteiger partial charge in [-0.3, -0.25) is 4.79 Å². The van der Waals surface area contributed by atoms with Crippen LogP contribution < -0.4 is 0 Å². The van der Waals surface area contributed by atoms with Crippen LogP contribution in [0.25, 0.3) is 0 Å². The molecule has 5 aliphatic carbocycles. The molecule has 29 heteroatoms. The minimum absolute atomic E-state index is 0.00327. The highest BCUT2D eigenvalue weighted by molar-refractivity contribution is 5.77. The second-order valence-electron chi connectivity index (χ2n) is 28.8. The molecule has 5 aliphatic heterocycles. The predicted molar refractivity (Wildman–Crippen MR) is 301 cm³/mol. The molecule has 5 saturated heterocycles. The number of carbonyl (C=O) groups excluding carboxylic acids is 2. The first-order chi connectivity index (χ1) is 42.3. The van der Waals surface area contributed by atoms with Gasteiger partial charge >= 0.3 is 11.9 Å². The monoisotopic (exact) mass is 1290 g/mol. The van der Waals surface area contributed by atoms with E-state index in [9.17, 15) is 86.2 Å². The molecule has 0 bridgehead atoms. The van der Waals surface area contributed by atoms with Crippen molar-refractivity contribution in [2.24, 2.45) is 50.2 Å². The number of fused-ring (bicyclic) bond motifs is 7. The molecule has 5 heterocycles. The van der Waals surface area contributed by atoms with E-state index in [0.717, 1.165) is 12.7 Å². The van der Waals surface area contributed by atoms with Crippen LogP contribution in [0.4, 0.5) is 0 Å². The van der Waals surface area contributed by atoms with Crippen molar-refractivity contribution >= 4 is 11.9 Å². The zero-order chi connectivity index (χ0) is 65.9. The highest BCUT2D eigenvalue weighted by Gasteiger charge is 2.71. The Bertz CT molecular complexity index is 2550. The van der Waals surface area contributed by atoms with Crippen molar-refractivity contribution in [3.05, 3.63) is 11.6 Å². The van der Waals surface area contributed by atoms with Gasteiger partial charge in [-0.25, -0.2) is 4.79 Å². The summed E-state index contributed by atoms with van der Waals surface area (Å²) in [5.74, 6) is -2.06. The number of esters is 2. The van der Waals surface area contributed by atoms with Gasteiger partial charge in [-0.05, 0) is 106 Å². The third-order valence-electron chi connectivity index (χ3n) is 24.0. The molecule has 1 unspecified atom stereocenters. The molecule has 0 aromatic rings. The Labute approximate surface area is 521 Å². The van der Waals surface area contributed by atoms with E-state index in [-0.39, 0.29) is 37.2 Å². The van der Waals surface area contributed by atoms with Crippen molar-refractivity contribution in [3.63, 3.8) is 0 Å². The lowest BCUT2D eigenvalue weighted by Gasteiger charge is -2.72. The maximum absolute atomic E-state index is 14.1. The predicted octanol–water partition coefficient (Wildman–Crippen LogP) is -3.77. The van der Waals surface area contributed by atoms with Crippen LogP contribution in [0.5, 0.6) is 0 Å². The number of hydrogen-bond donors (Lipinski definition) is 15. The van der Waals surface area contributed by atoms with Gasteiger partial charge in [-0.15, -0.1) is 0 Å². The van der Waals surface area contributed by atoms with E-state index in [4.69, 9.17) is 56.8 Å². The summed E-state index contributed by atoms with van der Waals surface area (Å²) in [6.07, 6.45) is -36.0. The van der Waals surface area contributed by atoms with E-state index < -0.39 is 224 Å². The van der Waals surface area contributed by atoms with E-state index in [1.807, 2.05) is 13.8 Å². The summed E-state index contributed by atoms with van der Waals surface area (Å²) < 4.78 is 72.1. The third-order valence-corrected chi connectivity index (χ3v) is 24.0. The van der Waals surface area contributed by atoms with Gasteiger partial charge < -0.3 is 133 Å². The van der Waals surface area contributed by atoms with Crippen LogP contribution in [0.1, 0.15) is 106 Å². The molecule has 516 valence electrons. The molecule has 29 nitrogen and oxygen atoms in total. The lowest BCUT2D eigenvalue weighted by Crippen LogP contribution is -2.68. The molecule has 4 saturated carbocycles. The normalized spacial score (nSPS) is 54.7. The largest absolute Gasteiger partial charge is 0.469 e. The molecule has 35 atom stereocenters. The van der Waals surface area contributed by atoms with E-state index in [0.29, 0.717) is 44.9 Å². The van der Waals surface area contributed by atoms with Crippen LogP contribution in [-0.4, -0.2) is 289 Å². The first-order valence-corrected chi connectivity index (χ1v) is 31.6. The quantitative estimate of drug-likeness (QED) is 0.0425. The Morgan fingerprint density at radius 1 is 0.533 bits per heavy atom. The van der Waals surface area contributed by atoms with E-state index in [2.05, 4.69) is 33.8 Å². The number of ether oxygens (including phenoxy) is 12. The minimum Gasteiger partial charge on any atom is -0.469 e. The average molecular weight is 1300 g/mol. The maximum Gasteiger partial charge on any atom is 0.337 e. The number of carbonyl (C=O) groups is 2. The van der Waals surface area contributed by atoms with E-state index >= 15 is 0 Å². The Balaban J connectivity index is 0.924. The summed E-state index contributed by atoms with van der Waals surface area (Å²) in [5, 5.41) is 164. The van der Waals surface area contributed by atoms with E-state index in [1.54, 1.807) is 0 Å². The van der Waals surface area contributed by atoms with Gasteiger partial charge in [0, 0.05) is 10.8 Å². The average Bonchev–Trinajstić information content (AvgIpc) is 0.677. The minimum atomic E-state index is -2.04. The Morgan fingerprint density at radius 3 is 1.70 bits per heavy atom. The number of methoxy groups -OCH3 is 2. The van der Waals surface area contributed by atoms with Gasteiger partial charge in [0.05, 0.1) is 64.4 Å². The Kier molecular flexibility index (Phi) is 20.6. The molecule has 10 aliphatic rings. The molecule has 0 radical (unpaired) electrons. The lowest BCUT2D eigenvalue weighted by atomic mass is 9.33. The molecule has 9 fully saturated rings. The second kappa shape index (κ2) is 26.3. The second-order valence-corrected chi connectivity index (χ2v) is 28.8. The molecule has 0 spiro atoms. The number of aliphatic hydroxyl groups is 15. The number of rotatable bonds is 15. The highest BCUT2D eigenvalue weighted by atomic mass is 16.8. The van der Waals surface area contributed by atoms with Crippen LogP contribution >= 0.6 is 0 Å². The Morgan fingerprint density at radius 2 is 1.09 bits per heavy atom. The lowest BCUT2D eigenvalue weighted by molar-refractivity contribution is -0.396. The molecular weight excluding hydrogens is 1200 g/mol. The summed E-state index contributed by atoms with van der Waals surface area (Å²) in [4.78, 5) is 27.4. The number of aliphatic hydroxyl groups excluding tert-OH is 15. The third kappa shape index (κ3) is 11.5. The Hall–Kier alpha value is -2.32. The van der Waals surface area contributed by atoms with Crippen molar-refractivity contribution in [1.29, 1.82) is 0 Å². The van der Waals surface area contributed by atoms with Gasteiger partial charge in [0.2, 0.25) is 0 Å². The van der Waals surface area contributed by atoms with Gasteiger partial charge in [-0.2, -0.15) is 0 Å². The van der Waals surface area contributed by atoms with Crippen molar-refractivity contribution < 1.29 is 143 Å². The van der Waals surface area contributed by atoms with Crippen molar-refractivity contribution in [3.8, 4) is 0 Å². The summed E-state index contributed by atoms with van der Waals surface area (Å²) in [5.41, 5.74) is -3.07. The van der Waals surface area contributed by atoms with Gasteiger partial charge in [0.1, 0.15) is 104 Å². The fraction of sp³-hybridized carbons (Fsp3) is 0.934. The van der Waals surface area contributed by atoms with Crippen LogP contribution in [0.2, 0.25) is 0 Å². The summed E-state index contributed by atoms with van der Waals surface area (Å²) in [6.45, 7) is 11.7. The molecule has 0 amide bonds. The van der Waals surface area contributed by atoms with Crippen LogP contribution in [-0.2, 0) is 66.4 Å². The highest BCUT2D eigenvalue weighted by Crippen LogP contribution is 2.76. The summed E-state index contributed by atoms with van der Waals surface area (Å²) >= 11 is 0. The smallest absolute Gasteiger partial charge is 0.337 e. The van der Waals surface area contributed by atoms with Crippen molar-refractivity contribution in [1.82, 2.24) is 0 Å². The zero-order valence-electron chi connectivity index (χ0n) is 52.4. The van der Waals surface area contributed by atoms with Gasteiger partial charge in [0.15, 0.2) is 37.6 Å². The van der Waals surface area contributed by atoms with Crippen molar-refractivity contribution in [2.45, 2.75) is 266 Å². The first kappa shape index (κ1) is 70.5. The van der Waals surface area contributed by atoms with Crippen LogP contribution in [0.15, 0.2) is 11.6 Å². The molecule has 10 rings (SSSR count). The van der Waals surface area contributed by atoms with Crippen LogP contribution in [0, 0.1) is 50.2 Å². The van der Waals surface area contributed by atoms with Gasteiger partial charge in [0.25, 0.3) is 0 Å². The van der Waals surface area contributed by atoms with Crippen molar-refractivity contribution in [2.75, 3.05) is 40.6 Å². The first-order valence-electron chi connectivity index (χ1n) is 31.6. The number of hydrogen-bond acceptors (Lipinski definition) is 29. The maximum atomic E-state index is 14.1. The molecule has 15 N–H and O–H groups in total. The molecular formula is C61H98O29. The standard InChI is InChI=1S/C61H98O29/c1-24-34(66)38(70)43(75)50(82-24)89-47-40(72)37(69)29(21-63)84-53(47)90-48-42(74)41(73)45(49(77)79-8)87-54(48)85-32-13-14-58(4)30(59(32,5)23-64)12-15-61(7)31(58)11-10-25-26-18-56(2,55(78)80-9)19-33(57(26,3)16-17-60(25,61)6)86-52-46(35(67)27(65)22-81-52)88-51-44(76)39(71)36(68)28(20-62)83-51/h10,24,26-48,50-54,62-76H,11-23H2,1-9H3/t24-,26-,27-,28+,29+,30?,31+,32-,33+,34-,35-,36+,37-,38+,39-,40-,41-,42-,43+,44+,45-,46+,47+,48+,50-,51-,52-,53-,54+,56-,57+,58-,59+,60+,61+/m0/s1. The fourth-order valence-corrected chi connectivity index (χ4v) is 18.1. The molecule has 0 aromatic heterocycles. The molecule has 0 aromatic carbocycles. The SMILES string of the molecule is COC(=O)[C@H]1O[C@@H](O[C@H]2CC[C@@]3(C)C(CC[C@]4(C)[C@@H]3CC=C3[C@@H]5C[C@](C)(C(=O)OC)C[C@@H](O[C@@H]6OC[C@H](O)[C@H](O)[C@H]6O[C@@H]6O[C@H](CO)[C@@H](O)[C@H](O)[C@H]6O)[C@]5(C)CC[C@]34C)[C@@]2(C)CO)[C@H](O[C@@H]2O[C@H](CO)[C@H](O)[C@H](O)[C@H]2O[C@@H]2O[C@@H](C)[C@H](O)[C@@H](O)[C@H]2O)[C@@H](O)[C@@H]1O. The summed E-state index contributed by atoms with van der Waals surface area (Å²) in [7, 11) is 2.38. The molecule has 90 heavy (non-hydrogen) atoms. The van der Waals surface area contributed by atoms with Gasteiger partial charge in [-0.1, -0.05) is 46.3 Å². The van der Waals surface area contributed by atoms with E-state index in [1.165, 1.54) is 14.0 Å². The van der Waals surface area contributed by atoms with Crippen LogP contribution in [0.3, 0.4) is 0 Å².